The van der Waals surface area contributed by atoms with E-state index >= 15 is 0 Å². The largest absolute Gasteiger partial charge is 0.315 e. The lowest BCUT2D eigenvalue weighted by Crippen LogP contribution is -2.27. The standard InChI is InChI=1S/C12H16Cl2N2.ClH/c13-11-2-3-12(14)10(8-11)9-16-6-1-4-15-5-7-16;/h2-3,8,15H,1,4-7,9H2;1H. The van der Waals surface area contributed by atoms with E-state index in [1.165, 1.54) is 6.42 Å². The molecule has 17 heavy (non-hydrogen) atoms. The maximum Gasteiger partial charge on any atom is 0.0452 e. The summed E-state index contributed by atoms with van der Waals surface area (Å²) in [4.78, 5) is 2.41. The zero-order valence-electron chi connectivity index (χ0n) is 9.59. The van der Waals surface area contributed by atoms with E-state index < -0.39 is 0 Å². The molecule has 1 N–H and O–H groups in total. The second kappa shape index (κ2) is 7.45. The fourth-order valence-corrected chi connectivity index (χ4v) is 2.34. The number of hydrogen-bond donors (Lipinski definition) is 1. The molecule has 0 bridgehead atoms. The lowest BCUT2D eigenvalue weighted by molar-refractivity contribution is 0.284. The maximum atomic E-state index is 6.16. The molecule has 0 amide bonds. The summed E-state index contributed by atoms with van der Waals surface area (Å²) in [7, 11) is 0. The van der Waals surface area contributed by atoms with Gasteiger partial charge in [0, 0.05) is 29.7 Å². The smallest absolute Gasteiger partial charge is 0.0452 e. The first-order chi connectivity index (χ1) is 7.75. The molecule has 0 atom stereocenters. The molecule has 2 nitrogen and oxygen atoms in total. The van der Waals surface area contributed by atoms with Crippen molar-refractivity contribution in [2.75, 3.05) is 26.2 Å². The van der Waals surface area contributed by atoms with E-state index in [0.717, 1.165) is 48.3 Å². The fourth-order valence-electron chi connectivity index (χ4n) is 1.97. The highest BCUT2D eigenvalue weighted by Gasteiger charge is 2.11. The molecule has 1 aliphatic rings. The van der Waals surface area contributed by atoms with Crippen molar-refractivity contribution in [1.82, 2.24) is 10.2 Å². The summed E-state index contributed by atoms with van der Waals surface area (Å²) < 4.78 is 0. The van der Waals surface area contributed by atoms with Crippen LogP contribution in [0.3, 0.4) is 0 Å². The van der Waals surface area contributed by atoms with Gasteiger partial charge in [-0.25, -0.2) is 0 Å². The Labute approximate surface area is 119 Å². The summed E-state index contributed by atoms with van der Waals surface area (Å²) in [6.07, 6.45) is 1.19. The summed E-state index contributed by atoms with van der Waals surface area (Å²) in [5.41, 5.74) is 1.12. The number of halogens is 3. The van der Waals surface area contributed by atoms with E-state index in [1.807, 2.05) is 18.2 Å². The Balaban J connectivity index is 0.00000144. The highest BCUT2D eigenvalue weighted by atomic mass is 35.5. The van der Waals surface area contributed by atoms with E-state index in [1.54, 1.807) is 0 Å². The minimum Gasteiger partial charge on any atom is -0.315 e. The van der Waals surface area contributed by atoms with Gasteiger partial charge in [-0.15, -0.1) is 12.4 Å². The van der Waals surface area contributed by atoms with Gasteiger partial charge in [-0.05, 0) is 43.3 Å². The Morgan fingerprint density at radius 2 is 2.00 bits per heavy atom. The molecule has 96 valence electrons. The quantitative estimate of drug-likeness (QED) is 0.901. The Hall–Kier alpha value is 0.01000. The number of benzene rings is 1. The van der Waals surface area contributed by atoms with Crippen molar-refractivity contribution in [3.05, 3.63) is 33.8 Å². The van der Waals surface area contributed by atoms with Crippen LogP contribution in [0.5, 0.6) is 0 Å². The second-order valence-electron chi connectivity index (χ2n) is 4.12. The third kappa shape index (κ3) is 4.65. The van der Waals surface area contributed by atoms with E-state index in [0.29, 0.717) is 0 Å². The van der Waals surface area contributed by atoms with Gasteiger partial charge in [0.05, 0.1) is 0 Å². The lowest BCUT2D eigenvalue weighted by Gasteiger charge is -2.20. The maximum absolute atomic E-state index is 6.16. The average Bonchev–Trinajstić information content (AvgIpc) is 2.52. The van der Waals surface area contributed by atoms with Gasteiger partial charge in [0.1, 0.15) is 0 Å². The zero-order valence-corrected chi connectivity index (χ0v) is 11.9. The van der Waals surface area contributed by atoms with Crippen molar-refractivity contribution in [3.63, 3.8) is 0 Å². The monoisotopic (exact) mass is 294 g/mol. The molecule has 1 saturated heterocycles. The third-order valence-corrected chi connectivity index (χ3v) is 3.44. The van der Waals surface area contributed by atoms with Crippen LogP contribution in [0.1, 0.15) is 12.0 Å². The molecule has 1 aromatic carbocycles. The van der Waals surface area contributed by atoms with Gasteiger partial charge in [-0.1, -0.05) is 23.2 Å². The number of rotatable bonds is 2. The summed E-state index contributed by atoms with van der Waals surface area (Å²) in [6.45, 7) is 5.25. The molecule has 1 heterocycles. The number of nitrogens with zero attached hydrogens (tertiary/aromatic N) is 1. The number of nitrogens with one attached hydrogen (secondary N) is 1. The van der Waals surface area contributed by atoms with Gasteiger partial charge in [-0.3, -0.25) is 4.90 Å². The Morgan fingerprint density at radius 3 is 2.82 bits per heavy atom. The topological polar surface area (TPSA) is 15.3 Å². The van der Waals surface area contributed by atoms with E-state index in [2.05, 4.69) is 10.2 Å². The van der Waals surface area contributed by atoms with Crippen molar-refractivity contribution < 1.29 is 0 Å². The average molecular weight is 296 g/mol. The van der Waals surface area contributed by atoms with Crippen LogP contribution in [0.15, 0.2) is 18.2 Å². The van der Waals surface area contributed by atoms with Crippen LogP contribution in [0, 0.1) is 0 Å². The van der Waals surface area contributed by atoms with E-state index in [-0.39, 0.29) is 12.4 Å². The zero-order chi connectivity index (χ0) is 11.4. The molecule has 5 heteroatoms. The first-order valence-electron chi connectivity index (χ1n) is 5.63. The molecule has 1 aliphatic heterocycles. The third-order valence-electron chi connectivity index (χ3n) is 2.83. The molecular formula is C12H17Cl3N2. The highest BCUT2D eigenvalue weighted by molar-refractivity contribution is 6.33. The van der Waals surface area contributed by atoms with Gasteiger partial charge in [0.25, 0.3) is 0 Å². The second-order valence-corrected chi connectivity index (χ2v) is 4.96. The van der Waals surface area contributed by atoms with E-state index in [4.69, 9.17) is 23.2 Å². The van der Waals surface area contributed by atoms with Crippen molar-refractivity contribution in [2.24, 2.45) is 0 Å². The van der Waals surface area contributed by atoms with Gasteiger partial charge in [-0.2, -0.15) is 0 Å². The van der Waals surface area contributed by atoms with Crippen LogP contribution in [0.25, 0.3) is 0 Å². The van der Waals surface area contributed by atoms with Gasteiger partial charge in [0.15, 0.2) is 0 Å². The van der Waals surface area contributed by atoms with Crippen molar-refractivity contribution in [1.29, 1.82) is 0 Å². The van der Waals surface area contributed by atoms with Crippen LogP contribution in [0.4, 0.5) is 0 Å². The molecule has 0 saturated carbocycles. The molecule has 0 unspecified atom stereocenters. The first-order valence-corrected chi connectivity index (χ1v) is 6.38. The van der Waals surface area contributed by atoms with Gasteiger partial charge < -0.3 is 5.32 Å². The van der Waals surface area contributed by atoms with Gasteiger partial charge >= 0.3 is 0 Å². The molecule has 0 radical (unpaired) electrons. The molecule has 1 aromatic rings. The van der Waals surface area contributed by atoms with Crippen LogP contribution < -0.4 is 5.32 Å². The van der Waals surface area contributed by atoms with Crippen LogP contribution in [-0.2, 0) is 6.54 Å². The predicted molar refractivity (Wildman–Crippen MR) is 76.5 cm³/mol. The van der Waals surface area contributed by atoms with Gasteiger partial charge in [0.2, 0.25) is 0 Å². The summed E-state index contributed by atoms with van der Waals surface area (Å²) in [5.74, 6) is 0. The molecule has 1 fully saturated rings. The fraction of sp³-hybridized carbons (Fsp3) is 0.500. The Bertz CT molecular complexity index is 350. The highest BCUT2D eigenvalue weighted by Crippen LogP contribution is 2.22. The summed E-state index contributed by atoms with van der Waals surface area (Å²) in [5, 5.41) is 4.95. The normalized spacial score (nSPS) is 17.3. The summed E-state index contributed by atoms with van der Waals surface area (Å²) >= 11 is 12.1. The predicted octanol–water partition coefficient (Wildman–Crippen LogP) is 3.21. The summed E-state index contributed by atoms with van der Waals surface area (Å²) in [6, 6.07) is 5.66. The molecule has 0 aromatic heterocycles. The van der Waals surface area contributed by atoms with Crippen LogP contribution >= 0.6 is 35.6 Å². The minimum atomic E-state index is 0. The van der Waals surface area contributed by atoms with Crippen molar-refractivity contribution in [2.45, 2.75) is 13.0 Å². The van der Waals surface area contributed by atoms with Crippen LogP contribution in [0.2, 0.25) is 10.0 Å². The molecule has 0 aliphatic carbocycles. The lowest BCUT2D eigenvalue weighted by atomic mass is 10.2. The SMILES string of the molecule is Cl.Clc1ccc(Cl)c(CN2CCCNCC2)c1. The van der Waals surface area contributed by atoms with E-state index in [9.17, 15) is 0 Å². The Kier molecular flexibility index (Phi) is 6.60. The van der Waals surface area contributed by atoms with Crippen molar-refractivity contribution in [3.8, 4) is 0 Å². The minimum absolute atomic E-state index is 0. The van der Waals surface area contributed by atoms with Crippen molar-refractivity contribution >= 4 is 35.6 Å². The van der Waals surface area contributed by atoms with Crippen LogP contribution in [-0.4, -0.2) is 31.1 Å². The molecule has 0 spiro atoms. The number of hydrogen-bond acceptors (Lipinski definition) is 2. The first kappa shape index (κ1) is 15.1. The molecule has 2 rings (SSSR count). The Morgan fingerprint density at radius 1 is 1.18 bits per heavy atom. The molecular weight excluding hydrogens is 279 g/mol.